The summed E-state index contributed by atoms with van der Waals surface area (Å²) in [6, 6.07) is 29.4. The number of likely N-dealkylation sites (tertiary alicyclic amines) is 1. The molecule has 0 aliphatic carbocycles. The average Bonchev–Trinajstić information content (AvgIpc) is 3.17. The minimum Gasteiger partial charge on any atom is -0.497 e. The number of anilines is 1. The van der Waals surface area contributed by atoms with Gasteiger partial charge in [-0.1, -0.05) is 0 Å². The lowest BCUT2D eigenvalue weighted by Crippen LogP contribution is -2.44. The Balaban J connectivity index is 1.16. The Hall–Kier alpha value is -5.28. The van der Waals surface area contributed by atoms with Gasteiger partial charge in [0, 0.05) is 61.4 Å². The molecule has 2 aromatic heterocycles. The molecule has 9 heteroatoms. The molecular formula is C41H46N4O5. The van der Waals surface area contributed by atoms with E-state index < -0.39 is 0 Å². The fourth-order valence-corrected chi connectivity index (χ4v) is 6.63. The second-order valence-electron chi connectivity index (χ2n) is 12.3. The summed E-state index contributed by atoms with van der Waals surface area (Å²) in [5.41, 5.74) is 7.43. The number of methoxy groups -OCH3 is 4. The number of pyridine rings is 2. The zero-order valence-electron chi connectivity index (χ0n) is 29.6. The Bertz CT molecular complexity index is 1810. The van der Waals surface area contributed by atoms with E-state index in [9.17, 15) is 0 Å². The lowest BCUT2D eigenvalue weighted by atomic mass is 10.00. The Kier molecular flexibility index (Phi) is 11.4. The van der Waals surface area contributed by atoms with Crippen molar-refractivity contribution in [2.75, 3.05) is 53.0 Å². The second kappa shape index (κ2) is 16.4. The number of benzene rings is 3. The van der Waals surface area contributed by atoms with Crippen LogP contribution in [0.1, 0.15) is 30.9 Å². The van der Waals surface area contributed by atoms with Crippen LogP contribution in [0, 0.1) is 0 Å². The molecule has 3 heterocycles. The molecule has 9 nitrogen and oxygen atoms in total. The summed E-state index contributed by atoms with van der Waals surface area (Å²) in [6.07, 6.45) is 5.89. The minimum atomic E-state index is 0.383. The van der Waals surface area contributed by atoms with E-state index in [4.69, 9.17) is 28.7 Å². The third-order valence-electron chi connectivity index (χ3n) is 9.23. The van der Waals surface area contributed by atoms with Crippen molar-refractivity contribution in [2.24, 2.45) is 0 Å². The molecule has 0 unspecified atom stereocenters. The van der Waals surface area contributed by atoms with Gasteiger partial charge in [0.1, 0.15) is 11.5 Å². The van der Waals surface area contributed by atoms with E-state index in [1.54, 1.807) is 28.4 Å². The molecule has 0 N–H and O–H groups in total. The van der Waals surface area contributed by atoms with Gasteiger partial charge >= 0.3 is 0 Å². The molecule has 260 valence electrons. The fourth-order valence-electron chi connectivity index (χ4n) is 6.63. The summed E-state index contributed by atoms with van der Waals surface area (Å²) in [5, 5.41) is 0. The van der Waals surface area contributed by atoms with E-state index in [2.05, 4.69) is 63.3 Å². The van der Waals surface area contributed by atoms with Gasteiger partial charge in [0.15, 0.2) is 11.5 Å². The smallest absolute Gasteiger partial charge is 0.203 e. The first-order valence-electron chi connectivity index (χ1n) is 17.1. The van der Waals surface area contributed by atoms with Crippen LogP contribution in [-0.2, 0) is 13.1 Å². The molecule has 3 aromatic carbocycles. The quantitative estimate of drug-likeness (QED) is 0.117. The molecule has 0 spiro atoms. The van der Waals surface area contributed by atoms with E-state index in [0.717, 1.165) is 73.0 Å². The summed E-state index contributed by atoms with van der Waals surface area (Å²) in [4.78, 5) is 14.4. The third-order valence-corrected chi connectivity index (χ3v) is 9.23. The maximum absolute atomic E-state index is 5.64. The van der Waals surface area contributed by atoms with Gasteiger partial charge in [-0.05, 0) is 116 Å². The molecule has 1 saturated heterocycles. The highest BCUT2D eigenvalue weighted by atomic mass is 16.5. The molecule has 0 bridgehead atoms. The molecule has 0 amide bonds. The molecule has 6 rings (SSSR count). The minimum absolute atomic E-state index is 0.383. The van der Waals surface area contributed by atoms with E-state index in [-0.39, 0.29) is 0 Å². The van der Waals surface area contributed by atoms with Crippen LogP contribution in [0.5, 0.6) is 28.7 Å². The van der Waals surface area contributed by atoms with Crippen LogP contribution in [0.2, 0.25) is 0 Å². The van der Waals surface area contributed by atoms with Gasteiger partial charge in [0.25, 0.3) is 0 Å². The number of aromatic nitrogens is 2. The summed E-state index contributed by atoms with van der Waals surface area (Å²) < 4.78 is 27.8. The number of nitrogens with zero attached hydrogens (tertiary/aromatic N) is 4. The number of ether oxygens (including phenoxy) is 5. The van der Waals surface area contributed by atoms with Crippen molar-refractivity contribution in [2.45, 2.75) is 38.9 Å². The number of hydrogen-bond donors (Lipinski definition) is 0. The standard InChI is InChI=1S/C41H46N4O5/c1-6-50-36-11-7-31(8-12-36)37-24-30(16-20-42-37)28-45(33-9-13-35(46-2)14-10-33)34-17-21-44(22-18-34)27-29-15-19-43-38(23-29)32-25-39(47-3)41(49-5)40(26-32)48-4/h7-16,19-20,23-26,34H,6,17-18,21-22,27-28H2,1-5H3. The van der Waals surface area contributed by atoms with Crippen molar-refractivity contribution < 1.29 is 23.7 Å². The molecular weight excluding hydrogens is 628 g/mol. The van der Waals surface area contributed by atoms with Gasteiger partial charge in [0.2, 0.25) is 5.75 Å². The first kappa shape index (κ1) is 34.6. The molecule has 1 aliphatic heterocycles. The van der Waals surface area contributed by atoms with E-state index in [1.165, 1.54) is 16.8 Å². The normalized spacial score (nSPS) is 13.5. The van der Waals surface area contributed by atoms with Crippen LogP contribution >= 0.6 is 0 Å². The van der Waals surface area contributed by atoms with Crippen molar-refractivity contribution in [3.05, 3.63) is 108 Å². The Morgan fingerprint density at radius 2 is 1.26 bits per heavy atom. The van der Waals surface area contributed by atoms with Crippen molar-refractivity contribution >= 4 is 5.69 Å². The van der Waals surface area contributed by atoms with Crippen molar-refractivity contribution in [3.63, 3.8) is 0 Å². The summed E-state index contributed by atoms with van der Waals surface area (Å²) in [7, 11) is 6.57. The summed E-state index contributed by atoms with van der Waals surface area (Å²) in [6.45, 7) is 6.26. The lowest BCUT2D eigenvalue weighted by molar-refractivity contribution is 0.201. The molecule has 0 radical (unpaired) electrons. The number of piperidine rings is 1. The average molecular weight is 675 g/mol. The molecule has 50 heavy (non-hydrogen) atoms. The van der Waals surface area contributed by atoms with Crippen molar-refractivity contribution in [1.29, 1.82) is 0 Å². The predicted molar refractivity (Wildman–Crippen MR) is 198 cm³/mol. The van der Waals surface area contributed by atoms with E-state index >= 15 is 0 Å². The van der Waals surface area contributed by atoms with Gasteiger partial charge in [-0.3, -0.25) is 14.9 Å². The van der Waals surface area contributed by atoms with Crippen LogP contribution in [0.4, 0.5) is 5.69 Å². The molecule has 5 aromatic rings. The summed E-state index contributed by atoms with van der Waals surface area (Å²) >= 11 is 0. The van der Waals surface area contributed by atoms with Crippen LogP contribution < -0.4 is 28.6 Å². The zero-order chi connectivity index (χ0) is 34.9. The topological polar surface area (TPSA) is 78.4 Å². The Morgan fingerprint density at radius 1 is 0.660 bits per heavy atom. The maximum Gasteiger partial charge on any atom is 0.203 e. The van der Waals surface area contributed by atoms with Crippen LogP contribution in [0.25, 0.3) is 22.5 Å². The Labute approximate surface area is 295 Å². The molecule has 0 saturated carbocycles. The van der Waals surface area contributed by atoms with Gasteiger partial charge in [-0.25, -0.2) is 0 Å². The lowest BCUT2D eigenvalue weighted by Gasteiger charge is -2.40. The Morgan fingerprint density at radius 3 is 1.86 bits per heavy atom. The zero-order valence-corrected chi connectivity index (χ0v) is 29.6. The SMILES string of the molecule is CCOc1ccc(-c2cc(CN(c3ccc(OC)cc3)C3CCN(Cc4ccnc(-c5cc(OC)c(OC)c(OC)c5)c4)CC3)ccn2)cc1. The van der Waals surface area contributed by atoms with Crippen LogP contribution in [-0.4, -0.2) is 69.0 Å². The van der Waals surface area contributed by atoms with Crippen molar-refractivity contribution in [1.82, 2.24) is 14.9 Å². The first-order chi connectivity index (χ1) is 24.5. The van der Waals surface area contributed by atoms with Crippen molar-refractivity contribution in [3.8, 4) is 51.3 Å². The monoisotopic (exact) mass is 674 g/mol. The third kappa shape index (κ3) is 8.12. The van der Waals surface area contributed by atoms with Gasteiger partial charge in [-0.2, -0.15) is 0 Å². The fraction of sp³-hybridized carbons (Fsp3) is 0.317. The van der Waals surface area contributed by atoms with E-state index in [1.807, 2.05) is 55.7 Å². The first-order valence-corrected chi connectivity index (χ1v) is 17.1. The highest BCUT2D eigenvalue weighted by Crippen LogP contribution is 2.41. The van der Waals surface area contributed by atoms with Crippen LogP contribution in [0.15, 0.2) is 97.3 Å². The predicted octanol–water partition coefficient (Wildman–Crippen LogP) is 7.91. The molecule has 0 atom stereocenters. The highest BCUT2D eigenvalue weighted by Gasteiger charge is 2.26. The highest BCUT2D eigenvalue weighted by molar-refractivity contribution is 5.69. The number of hydrogen-bond acceptors (Lipinski definition) is 9. The second-order valence-corrected chi connectivity index (χ2v) is 12.3. The molecule has 1 aliphatic rings. The maximum atomic E-state index is 5.64. The number of rotatable bonds is 14. The van der Waals surface area contributed by atoms with Gasteiger partial charge in [-0.15, -0.1) is 0 Å². The van der Waals surface area contributed by atoms with Gasteiger partial charge < -0.3 is 28.6 Å². The molecule has 1 fully saturated rings. The van der Waals surface area contributed by atoms with Crippen LogP contribution in [0.3, 0.4) is 0 Å². The van der Waals surface area contributed by atoms with Gasteiger partial charge in [0.05, 0.1) is 46.4 Å². The summed E-state index contributed by atoms with van der Waals surface area (Å²) in [5.74, 6) is 3.51. The van der Waals surface area contributed by atoms with E-state index in [0.29, 0.717) is 29.9 Å². The largest absolute Gasteiger partial charge is 0.497 e.